The van der Waals surface area contributed by atoms with E-state index in [4.69, 9.17) is 9.26 Å². The van der Waals surface area contributed by atoms with Crippen LogP contribution in [0.2, 0.25) is 0 Å². The fourth-order valence-corrected chi connectivity index (χ4v) is 3.22. The van der Waals surface area contributed by atoms with E-state index in [0.29, 0.717) is 42.7 Å². The van der Waals surface area contributed by atoms with Crippen LogP contribution in [0, 0.1) is 0 Å². The van der Waals surface area contributed by atoms with E-state index in [1.165, 1.54) is 0 Å². The number of benzene rings is 1. The zero-order valence-electron chi connectivity index (χ0n) is 15.9. The normalized spacial score (nSPS) is 17.6. The number of amides is 1. The molecule has 0 spiro atoms. The summed E-state index contributed by atoms with van der Waals surface area (Å²) in [5.41, 5.74) is 0.540. The molecule has 0 unspecified atom stereocenters. The molecular weight excluding hydrogens is 360 g/mol. The fraction of sp³-hybridized carbons (Fsp3) is 0.421. The summed E-state index contributed by atoms with van der Waals surface area (Å²) in [5, 5.41) is 12.2. The lowest BCUT2D eigenvalue weighted by molar-refractivity contribution is -0.136. The first kappa shape index (κ1) is 18.1. The van der Waals surface area contributed by atoms with E-state index in [2.05, 4.69) is 20.5 Å². The van der Waals surface area contributed by atoms with Gasteiger partial charge in [-0.3, -0.25) is 4.79 Å². The molecule has 2 atom stereocenters. The molecule has 9 heteroatoms. The van der Waals surface area contributed by atoms with Gasteiger partial charge < -0.3 is 14.2 Å². The molecule has 9 nitrogen and oxygen atoms in total. The molecule has 0 N–H and O–H groups in total. The largest absolute Gasteiger partial charge is 0.481 e. The van der Waals surface area contributed by atoms with E-state index in [1.807, 2.05) is 42.2 Å². The number of hydrogen-bond donors (Lipinski definition) is 0. The number of rotatable bonds is 6. The highest BCUT2D eigenvalue weighted by Crippen LogP contribution is 2.24. The summed E-state index contributed by atoms with van der Waals surface area (Å²) in [6, 6.07) is 9.42. The molecule has 3 aromatic rings. The van der Waals surface area contributed by atoms with E-state index < -0.39 is 6.10 Å². The summed E-state index contributed by atoms with van der Waals surface area (Å²) in [4.78, 5) is 18.8. The minimum atomic E-state index is -0.543. The van der Waals surface area contributed by atoms with Crippen LogP contribution >= 0.6 is 0 Å². The molecule has 1 amide bonds. The first-order valence-electron chi connectivity index (χ1n) is 9.39. The standard InChI is InChI=1S/C19H22N6O3/c1-3-17-20-18(28-22-17)16-12-25(23-21-16)14-9-10-24(11-14)19(26)13(2)27-15-7-5-4-6-8-15/h4-8,12-14H,3,9-11H2,1-2H3/t13-,14-/m0/s1. The molecule has 28 heavy (non-hydrogen) atoms. The molecule has 3 heterocycles. The van der Waals surface area contributed by atoms with Gasteiger partial charge >= 0.3 is 0 Å². The number of aryl methyl sites for hydroxylation is 1. The lowest BCUT2D eigenvalue weighted by Gasteiger charge is -2.21. The average molecular weight is 382 g/mol. The second-order valence-electron chi connectivity index (χ2n) is 6.75. The third-order valence-electron chi connectivity index (χ3n) is 4.77. The second kappa shape index (κ2) is 7.79. The Labute approximate surface area is 162 Å². The van der Waals surface area contributed by atoms with Crippen LogP contribution in [-0.2, 0) is 11.2 Å². The first-order valence-corrected chi connectivity index (χ1v) is 9.39. The van der Waals surface area contributed by atoms with Crippen molar-refractivity contribution in [3.05, 3.63) is 42.4 Å². The number of hydrogen-bond acceptors (Lipinski definition) is 7. The van der Waals surface area contributed by atoms with Crippen LogP contribution in [0.4, 0.5) is 0 Å². The van der Waals surface area contributed by atoms with E-state index in [1.54, 1.807) is 17.8 Å². The van der Waals surface area contributed by atoms with Gasteiger partial charge in [0.15, 0.2) is 17.6 Å². The second-order valence-corrected chi connectivity index (χ2v) is 6.75. The third-order valence-corrected chi connectivity index (χ3v) is 4.77. The van der Waals surface area contributed by atoms with Gasteiger partial charge in [0.2, 0.25) is 0 Å². The Morgan fingerprint density at radius 2 is 2.18 bits per heavy atom. The van der Waals surface area contributed by atoms with Crippen molar-refractivity contribution in [1.82, 2.24) is 30.0 Å². The van der Waals surface area contributed by atoms with Crippen molar-refractivity contribution in [3.8, 4) is 17.3 Å². The van der Waals surface area contributed by atoms with Gasteiger partial charge in [-0.2, -0.15) is 4.98 Å². The van der Waals surface area contributed by atoms with Gasteiger partial charge in [-0.15, -0.1) is 5.10 Å². The molecule has 4 rings (SSSR count). The highest BCUT2D eigenvalue weighted by molar-refractivity contribution is 5.81. The smallest absolute Gasteiger partial charge is 0.280 e. The topological polar surface area (TPSA) is 99.2 Å². The quantitative estimate of drug-likeness (QED) is 0.644. The van der Waals surface area contributed by atoms with Gasteiger partial charge in [0.25, 0.3) is 11.8 Å². The maximum Gasteiger partial charge on any atom is 0.280 e. The summed E-state index contributed by atoms with van der Waals surface area (Å²) in [6.45, 7) is 4.95. The van der Waals surface area contributed by atoms with Gasteiger partial charge in [-0.05, 0) is 25.5 Å². The summed E-state index contributed by atoms with van der Waals surface area (Å²) in [7, 11) is 0. The molecule has 0 aliphatic carbocycles. The van der Waals surface area contributed by atoms with Gasteiger partial charge in [-0.25, -0.2) is 4.68 Å². The summed E-state index contributed by atoms with van der Waals surface area (Å²) < 4.78 is 12.7. The first-order chi connectivity index (χ1) is 13.6. The fourth-order valence-electron chi connectivity index (χ4n) is 3.22. The van der Waals surface area contributed by atoms with Crippen LogP contribution in [0.5, 0.6) is 5.75 Å². The zero-order chi connectivity index (χ0) is 19.5. The van der Waals surface area contributed by atoms with Crippen molar-refractivity contribution >= 4 is 5.91 Å². The molecule has 2 aromatic heterocycles. The predicted octanol–water partition coefficient (Wildman–Crippen LogP) is 2.13. The Hall–Kier alpha value is -3.23. The number of para-hydroxylation sites is 1. The molecule has 1 aliphatic heterocycles. The Balaban J connectivity index is 1.38. The average Bonchev–Trinajstić information content (AvgIpc) is 3.47. The molecule has 146 valence electrons. The molecule has 0 bridgehead atoms. The van der Waals surface area contributed by atoms with Crippen molar-refractivity contribution < 1.29 is 14.1 Å². The number of carbonyl (C=O) groups excluding carboxylic acids is 1. The number of nitrogens with zero attached hydrogens (tertiary/aromatic N) is 6. The molecule has 1 saturated heterocycles. The monoisotopic (exact) mass is 382 g/mol. The lowest BCUT2D eigenvalue weighted by atomic mass is 10.3. The van der Waals surface area contributed by atoms with Crippen LogP contribution in [0.3, 0.4) is 0 Å². The minimum absolute atomic E-state index is 0.0313. The highest BCUT2D eigenvalue weighted by Gasteiger charge is 2.31. The number of ether oxygens (including phenoxy) is 1. The van der Waals surface area contributed by atoms with Crippen molar-refractivity contribution in [1.29, 1.82) is 0 Å². The predicted molar refractivity (Wildman–Crippen MR) is 99.5 cm³/mol. The molecule has 0 saturated carbocycles. The van der Waals surface area contributed by atoms with Gasteiger partial charge in [-0.1, -0.05) is 35.5 Å². The summed E-state index contributed by atoms with van der Waals surface area (Å²) in [6.07, 6.45) is 2.74. The zero-order valence-corrected chi connectivity index (χ0v) is 15.9. The lowest BCUT2D eigenvalue weighted by Crippen LogP contribution is -2.39. The van der Waals surface area contributed by atoms with Crippen LogP contribution in [0.25, 0.3) is 11.6 Å². The van der Waals surface area contributed by atoms with E-state index in [0.717, 1.165) is 6.42 Å². The maximum atomic E-state index is 12.7. The Morgan fingerprint density at radius 1 is 1.36 bits per heavy atom. The van der Waals surface area contributed by atoms with Crippen LogP contribution in [0.15, 0.2) is 41.1 Å². The van der Waals surface area contributed by atoms with Crippen molar-refractivity contribution in [2.75, 3.05) is 13.1 Å². The van der Waals surface area contributed by atoms with Crippen molar-refractivity contribution in [2.45, 2.75) is 38.8 Å². The van der Waals surface area contributed by atoms with Crippen LogP contribution < -0.4 is 4.74 Å². The Morgan fingerprint density at radius 3 is 2.93 bits per heavy atom. The number of carbonyl (C=O) groups is 1. The Bertz CT molecular complexity index is 938. The molecule has 1 fully saturated rings. The maximum absolute atomic E-state index is 12.7. The van der Waals surface area contributed by atoms with E-state index in [9.17, 15) is 4.79 Å². The molecule has 1 aromatic carbocycles. The minimum Gasteiger partial charge on any atom is -0.481 e. The van der Waals surface area contributed by atoms with Crippen molar-refractivity contribution in [2.24, 2.45) is 0 Å². The third kappa shape index (κ3) is 3.73. The summed E-state index contributed by atoms with van der Waals surface area (Å²) >= 11 is 0. The molecule has 1 aliphatic rings. The van der Waals surface area contributed by atoms with Crippen LogP contribution in [0.1, 0.15) is 32.1 Å². The van der Waals surface area contributed by atoms with Crippen molar-refractivity contribution in [3.63, 3.8) is 0 Å². The SMILES string of the molecule is CCc1noc(-c2cn([C@H]3CCN(C(=O)[C@H](C)Oc4ccccc4)C3)nn2)n1. The Kier molecular flexibility index (Phi) is 5.05. The molecule has 0 radical (unpaired) electrons. The number of likely N-dealkylation sites (tertiary alicyclic amines) is 1. The van der Waals surface area contributed by atoms with Gasteiger partial charge in [0.1, 0.15) is 5.75 Å². The van der Waals surface area contributed by atoms with Gasteiger partial charge in [0, 0.05) is 19.5 Å². The molecular formula is C19H22N6O3. The van der Waals surface area contributed by atoms with E-state index in [-0.39, 0.29) is 11.9 Å². The highest BCUT2D eigenvalue weighted by atomic mass is 16.5. The van der Waals surface area contributed by atoms with Gasteiger partial charge in [0.05, 0.1) is 12.2 Å². The number of aromatic nitrogens is 5. The summed E-state index contributed by atoms with van der Waals surface area (Å²) in [5.74, 6) is 1.65. The van der Waals surface area contributed by atoms with E-state index >= 15 is 0 Å². The van der Waals surface area contributed by atoms with Crippen LogP contribution in [-0.4, -0.2) is 55.1 Å².